The minimum atomic E-state index is -0.200. The predicted octanol–water partition coefficient (Wildman–Crippen LogP) is 1.34. The molecule has 0 fully saturated rings. The molecule has 0 bridgehead atoms. The van der Waals surface area contributed by atoms with E-state index in [1.165, 1.54) is 23.4 Å². The maximum Gasteiger partial charge on any atom is 0.225 e. The lowest BCUT2D eigenvalue weighted by molar-refractivity contribution is -0.132. The lowest BCUT2D eigenvalue weighted by Crippen LogP contribution is -2.33. The summed E-state index contributed by atoms with van der Waals surface area (Å²) >= 11 is 1.75. The van der Waals surface area contributed by atoms with E-state index in [1.54, 1.807) is 23.3 Å². The Labute approximate surface area is 124 Å². The van der Waals surface area contributed by atoms with Gasteiger partial charge in [0, 0.05) is 25.6 Å². The van der Waals surface area contributed by atoms with Crippen molar-refractivity contribution < 1.29 is 9.53 Å². The number of nitrogens with zero attached hydrogens (tertiary/aromatic N) is 2. The number of methoxy groups -OCH3 is 1. The Kier molecular flexibility index (Phi) is 5.51. The van der Waals surface area contributed by atoms with E-state index >= 15 is 0 Å². The van der Waals surface area contributed by atoms with Crippen molar-refractivity contribution in [3.8, 4) is 0 Å². The van der Waals surface area contributed by atoms with E-state index < -0.39 is 0 Å². The summed E-state index contributed by atoms with van der Waals surface area (Å²) in [5.41, 5.74) is 6.79. The third-order valence-corrected chi connectivity index (χ3v) is 4.83. The number of thiazole rings is 1. The molecule has 5 nitrogen and oxygen atoms in total. The second-order valence-electron chi connectivity index (χ2n) is 5.23. The Hall–Kier alpha value is -0.980. The van der Waals surface area contributed by atoms with Crippen LogP contribution in [0.15, 0.2) is 0 Å². The Morgan fingerprint density at radius 1 is 1.50 bits per heavy atom. The van der Waals surface area contributed by atoms with E-state index in [9.17, 15) is 4.79 Å². The first-order valence-electron chi connectivity index (χ1n) is 7.08. The minimum absolute atomic E-state index is 0.0514. The van der Waals surface area contributed by atoms with Gasteiger partial charge in [0.05, 0.1) is 24.8 Å². The van der Waals surface area contributed by atoms with Crippen LogP contribution in [0.5, 0.6) is 0 Å². The highest BCUT2D eigenvalue weighted by atomic mass is 32.1. The second-order valence-corrected chi connectivity index (χ2v) is 6.40. The van der Waals surface area contributed by atoms with Crippen LogP contribution < -0.4 is 5.73 Å². The fourth-order valence-electron chi connectivity index (χ4n) is 2.38. The van der Waals surface area contributed by atoms with E-state index in [2.05, 4.69) is 4.98 Å². The number of nitrogens with two attached hydrogens (primary N) is 1. The van der Waals surface area contributed by atoms with Crippen molar-refractivity contribution in [2.45, 2.75) is 44.8 Å². The fraction of sp³-hybridized carbons (Fsp3) is 0.714. The van der Waals surface area contributed by atoms with Gasteiger partial charge in [-0.25, -0.2) is 4.98 Å². The molecule has 0 saturated carbocycles. The summed E-state index contributed by atoms with van der Waals surface area (Å²) < 4.78 is 5.15. The number of amides is 1. The molecule has 0 aromatic carbocycles. The molecule has 1 aromatic heterocycles. The smallest absolute Gasteiger partial charge is 0.225 e. The Morgan fingerprint density at radius 2 is 2.25 bits per heavy atom. The average molecular weight is 297 g/mol. The maximum absolute atomic E-state index is 12.1. The van der Waals surface area contributed by atoms with Gasteiger partial charge in [0.25, 0.3) is 0 Å². The molecule has 0 radical (unpaired) electrons. The third-order valence-electron chi connectivity index (χ3n) is 3.69. The normalized spacial score (nSPS) is 15.8. The van der Waals surface area contributed by atoms with E-state index in [1.807, 2.05) is 7.05 Å². The minimum Gasteiger partial charge on any atom is -0.380 e. The maximum atomic E-state index is 12.1. The highest BCUT2D eigenvalue weighted by Crippen LogP contribution is 2.27. The van der Waals surface area contributed by atoms with Crippen molar-refractivity contribution in [2.24, 2.45) is 5.73 Å². The molecule has 1 aromatic rings. The summed E-state index contributed by atoms with van der Waals surface area (Å²) in [5, 5.41) is 1.04. The van der Waals surface area contributed by atoms with Crippen LogP contribution in [-0.4, -0.2) is 42.6 Å². The van der Waals surface area contributed by atoms with Crippen molar-refractivity contribution in [1.29, 1.82) is 0 Å². The molecule has 0 aliphatic heterocycles. The third kappa shape index (κ3) is 3.77. The van der Waals surface area contributed by atoms with Gasteiger partial charge in [0.15, 0.2) is 0 Å². The van der Waals surface area contributed by atoms with Gasteiger partial charge in [-0.1, -0.05) is 0 Å². The van der Waals surface area contributed by atoms with E-state index in [-0.39, 0.29) is 12.0 Å². The van der Waals surface area contributed by atoms with Gasteiger partial charge in [0.1, 0.15) is 5.01 Å². The number of carbonyl (C=O) groups is 1. The summed E-state index contributed by atoms with van der Waals surface area (Å²) in [6, 6.07) is 0. The zero-order valence-corrected chi connectivity index (χ0v) is 13.0. The number of rotatable bonds is 6. The molecule has 1 amide bonds. The number of hydrogen-bond donors (Lipinski definition) is 1. The van der Waals surface area contributed by atoms with Crippen molar-refractivity contribution in [3.05, 3.63) is 15.6 Å². The first-order valence-corrected chi connectivity index (χ1v) is 7.90. The van der Waals surface area contributed by atoms with E-state index in [4.69, 9.17) is 10.5 Å². The number of aromatic nitrogens is 1. The average Bonchev–Trinajstić information content (AvgIpc) is 2.86. The zero-order valence-electron chi connectivity index (χ0n) is 12.2. The van der Waals surface area contributed by atoms with Gasteiger partial charge in [0.2, 0.25) is 5.91 Å². The van der Waals surface area contributed by atoms with Gasteiger partial charge < -0.3 is 15.4 Å². The molecule has 6 heteroatoms. The predicted molar refractivity (Wildman–Crippen MR) is 79.7 cm³/mol. The number of fused-ring (bicyclic) bond motifs is 1. The topological polar surface area (TPSA) is 68.5 Å². The Balaban J connectivity index is 1.91. The summed E-state index contributed by atoms with van der Waals surface area (Å²) in [4.78, 5) is 19.9. The lowest BCUT2D eigenvalue weighted by atomic mass is 10.0. The molecule has 1 atom stereocenters. The first kappa shape index (κ1) is 15.4. The van der Waals surface area contributed by atoms with Crippen LogP contribution in [0.4, 0.5) is 0 Å². The molecule has 1 heterocycles. The van der Waals surface area contributed by atoms with Gasteiger partial charge in [-0.15, -0.1) is 11.3 Å². The fourth-order valence-corrected chi connectivity index (χ4v) is 3.59. The van der Waals surface area contributed by atoms with E-state index in [0.717, 1.165) is 17.8 Å². The van der Waals surface area contributed by atoms with Crippen LogP contribution in [0.1, 0.15) is 34.8 Å². The van der Waals surface area contributed by atoms with Crippen LogP contribution in [-0.2, 0) is 28.9 Å². The SMILES string of the molecule is COC(CN)CC(=O)N(C)Cc1nc2c(s1)CCCC2. The highest BCUT2D eigenvalue weighted by molar-refractivity contribution is 7.11. The largest absolute Gasteiger partial charge is 0.380 e. The van der Waals surface area contributed by atoms with Gasteiger partial charge in [-0.3, -0.25) is 4.79 Å². The highest BCUT2D eigenvalue weighted by Gasteiger charge is 2.19. The molecule has 1 aliphatic rings. The zero-order chi connectivity index (χ0) is 14.5. The number of ether oxygens (including phenoxy) is 1. The van der Waals surface area contributed by atoms with Crippen LogP contribution in [0.2, 0.25) is 0 Å². The van der Waals surface area contributed by atoms with Gasteiger partial charge >= 0.3 is 0 Å². The Morgan fingerprint density at radius 3 is 2.90 bits per heavy atom. The van der Waals surface area contributed by atoms with Crippen LogP contribution >= 0.6 is 11.3 Å². The summed E-state index contributed by atoms with van der Waals surface area (Å²) in [5.74, 6) is 0.0514. The van der Waals surface area contributed by atoms with Crippen molar-refractivity contribution in [2.75, 3.05) is 20.7 Å². The quantitative estimate of drug-likeness (QED) is 0.860. The number of carbonyl (C=O) groups excluding carboxylic acids is 1. The van der Waals surface area contributed by atoms with Crippen molar-refractivity contribution in [3.63, 3.8) is 0 Å². The molecule has 1 unspecified atom stereocenters. The Bertz CT molecular complexity index is 434. The lowest BCUT2D eigenvalue weighted by Gasteiger charge is -2.19. The standard InChI is InChI=1S/C14H23N3O2S/c1-17(14(18)7-10(8-15)19-2)9-13-16-11-5-3-4-6-12(11)20-13/h10H,3-9,15H2,1-2H3. The van der Waals surface area contributed by atoms with Gasteiger partial charge in [-0.2, -0.15) is 0 Å². The molecule has 1 aliphatic carbocycles. The molecular formula is C14H23N3O2S. The monoisotopic (exact) mass is 297 g/mol. The molecule has 0 saturated heterocycles. The summed E-state index contributed by atoms with van der Waals surface area (Å²) in [6.07, 6.45) is 4.85. The van der Waals surface area contributed by atoms with E-state index in [0.29, 0.717) is 19.5 Å². The molecule has 0 spiro atoms. The second kappa shape index (κ2) is 7.15. The van der Waals surface area contributed by atoms with Crippen LogP contribution in [0.25, 0.3) is 0 Å². The van der Waals surface area contributed by atoms with Gasteiger partial charge in [-0.05, 0) is 25.7 Å². The van der Waals surface area contributed by atoms with Crippen LogP contribution in [0, 0.1) is 0 Å². The molecule has 112 valence electrons. The first-order chi connectivity index (χ1) is 9.63. The molecule has 2 rings (SSSR count). The van der Waals surface area contributed by atoms with Crippen LogP contribution in [0.3, 0.4) is 0 Å². The van der Waals surface area contributed by atoms with Crippen molar-refractivity contribution in [1.82, 2.24) is 9.88 Å². The van der Waals surface area contributed by atoms with Crippen molar-refractivity contribution >= 4 is 17.2 Å². The number of hydrogen-bond acceptors (Lipinski definition) is 5. The molecule has 20 heavy (non-hydrogen) atoms. The molecule has 2 N–H and O–H groups in total. The number of aryl methyl sites for hydroxylation is 2. The summed E-state index contributed by atoms with van der Waals surface area (Å²) in [7, 11) is 3.39. The molecular weight excluding hydrogens is 274 g/mol. The summed E-state index contributed by atoms with van der Waals surface area (Å²) in [6.45, 7) is 0.944.